The van der Waals surface area contributed by atoms with Gasteiger partial charge in [-0.2, -0.15) is 0 Å². The zero-order chi connectivity index (χ0) is 19.4. The van der Waals surface area contributed by atoms with Gasteiger partial charge in [-0.3, -0.25) is 4.98 Å². The van der Waals surface area contributed by atoms with Gasteiger partial charge >= 0.3 is 0 Å². The zero-order valence-corrected chi connectivity index (χ0v) is 16.7. The molecule has 0 aliphatic heterocycles. The van der Waals surface area contributed by atoms with Crippen LogP contribution in [0.4, 0.5) is 0 Å². The molecule has 0 saturated heterocycles. The van der Waals surface area contributed by atoms with Crippen LogP contribution in [0.15, 0.2) is 73.1 Å². The minimum absolute atomic E-state index is 0.196. The lowest BCUT2D eigenvalue weighted by atomic mass is 9.78. The number of rotatable bonds is 6. The molecule has 3 aromatic rings. The average Bonchev–Trinajstić information content (AvgIpc) is 2.65. The molecule has 0 spiro atoms. The molecule has 0 fully saturated rings. The van der Waals surface area contributed by atoms with Gasteiger partial charge in [0.1, 0.15) is 0 Å². The second kappa shape index (κ2) is 8.06. The fraction of sp³-hybridized carbons (Fsp3) is 0.320. The molecular weight excluding hydrogens is 330 g/mol. The Bertz CT molecular complexity index is 925. The minimum atomic E-state index is -0.540. The van der Waals surface area contributed by atoms with Crippen molar-refractivity contribution in [1.29, 1.82) is 0 Å². The van der Waals surface area contributed by atoms with Gasteiger partial charge in [0.2, 0.25) is 0 Å². The molecule has 140 valence electrons. The van der Waals surface area contributed by atoms with Crippen molar-refractivity contribution in [2.45, 2.75) is 40.2 Å². The van der Waals surface area contributed by atoms with E-state index in [-0.39, 0.29) is 5.41 Å². The van der Waals surface area contributed by atoms with E-state index in [9.17, 15) is 5.11 Å². The third kappa shape index (κ3) is 4.64. The van der Waals surface area contributed by atoms with Crippen LogP contribution in [0.1, 0.15) is 45.2 Å². The van der Waals surface area contributed by atoms with E-state index in [4.69, 9.17) is 0 Å². The van der Waals surface area contributed by atoms with E-state index in [0.29, 0.717) is 5.92 Å². The summed E-state index contributed by atoms with van der Waals surface area (Å²) in [5.41, 5.74) is 2.95. The Morgan fingerprint density at radius 2 is 1.74 bits per heavy atom. The van der Waals surface area contributed by atoms with Gasteiger partial charge in [0.15, 0.2) is 0 Å². The molecule has 0 bridgehead atoms. The van der Waals surface area contributed by atoms with Gasteiger partial charge in [-0.25, -0.2) is 0 Å². The molecule has 0 saturated carbocycles. The van der Waals surface area contributed by atoms with Crippen molar-refractivity contribution in [3.8, 4) is 0 Å². The number of benzene rings is 2. The molecule has 1 N–H and O–H groups in total. The Hall–Kier alpha value is -2.45. The van der Waals surface area contributed by atoms with Gasteiger partial charge in [0.25, 0.3) is 0 Å². The first-order chi connectivity index (χ1) is 12.9. The summed E-state index contributed by atoms with van der Waals surface area (Å²) in [7, 11) is 0. The lowest BCUT2D eigenvalue weighted by molar-refractivity contribution is 0.0733. The number of nitrogens with zero attached hydrogens (tertiary/aromatic N) is 1. The van der Waals surface area contributed by atoms with Crippen LogP contribution >= 0.6 is 0 Å². The molecule has 1 heterocycles. The number of hydrogen-bond donors (Lipinski definition) is 1. The van der Waals surface area contributed by atoms with E-state index in [2.05, 4.69) is 81.2 Å². The third-order valence-corrected chi connectivity index (χ3v) is 5.09. The Morgan fingerprint density at radius 1 is 1.00 bits per heavy atom. The molecule has 0 aliphatic rings. The number of aliphatic hydroxyl groups is 1. The van der Waals surface area contributed by atoms with E-state index >= 15 is 0 Å². The van der Waals surface area contributed by atoms with Crippen LogP contribution in [-0.4, -0.2) is 16.2 Å². The van der Waals surface area contributed by atoms with Crippen molar-refractivity contribution in [3.05, 3.63) is 84.2 Å². The average molecular weight is 360 g/mol. The van der Waals surface area contributed by atoms with Crippen LogP contribution in [0, 0.1) is 11.3 Å². The van der Waals surface area contributed by atoms with Crippen molar-refractivity contribution in [2.75, 3.05) is 0 Å². The van der Waals surface area contributed by atoms with Crippen LogP contribution in [0.2, 0.25) is 0 Å². The first-order valence-corrected chi connectivity index (χ1v) is 9.66. The molecule has 2 nitrogen and oxygen atoms in total. The summed E-state index contributed by atoms with van der Waals surface area (Å²) in [5.74, 6) is 0.533. The van der Waals surface area contributed by atoms with Gasteiger partial charge < -0.3 is 5.11 Å². The van der Waals surface area contributed by atoms with E-state index in [0.717, 1.165) is 23.1 Å². The van der Waals surface area contributed by atoms with Crippen molar-refractivity contribution in [3.63, 3.8) is 0 Å². The van der Waals surface area contributed by atoms with E-state index in [1.165, 1.54) is 10.8 Å². The molecule has 2 heteroatoms. The largest absolute Gasteiger partial charge is 0.388 e. The zero-order valence-electron chi connectivity index (χ0n) is 16.7. The molecule has 27 heavy (non-hydrogen) atoms. The van der Waals surface area contributed by atoms with Gasteiger partial charge in [0, 0.05) is 18.0 Å². The van der Waals surface area contributed by atoms with Crippen LogP contribution in [0.25, 0.3) is 16.3 Å². The van der Waals surface area contributed by atoms with Crippen molar-refractivity contribution < 1.29 is 5.11 Å². The highest BCUT2D eigenvalue weighted by Crippen LogP contribution is 2.34. The molecule has 1 atom stereocenters. The molecule has 0 aliphatic carbocycles. The summed E-state index contributed by atoms with van der Waals surface area (Å²) in [6.45, 7) is 8.66. The Balaban J connectivity index is 2.08. The van der Waals surface area contributed by atoms with Crippen molar-refractivity contribution in [2.24, 2.45) is 11.3 Å². The van der Waals surface area contributed by atoms with Crippen LogP contribution in [0.5, 0.6) is 0 Å². The van der Waals surface area contributed by atoms with Crippen LogP contribution < -0.4 is 0 Å². The quantitative estimate of drug-likeness (QED) is 0.577. The van der Waals surface area contributed by atoms with E-state index in [1.807, 2.05) is 18.3 Å². The monoisotopic (exact) mass is 359 g/mol. The topological polar surface area (TPSA) is 33.1 Å². The molecule has 0 amide bonds. The van der Waals surface area contributed by atoms with E-state index < -0.39 is 6.10 Å². The van der Waals surface area contributed by atoms with Gasteiger partial charge in [-0.05, 0) is 57.9 Å². The maximum absolute atomic E-state index is 11.0. The predicted octanol–water partition coefficient (Wildman–Crippen LogP) is 6.10. The molecule has 1 unspecified atom stereocenters. The van der Waals surface area contributed by atoms with Gasteiger partial charge in [-0.15, -0.1) is 0 Å². The first-order valence-electron chi connectivity index (χ1n) is 9.66. The van der Waals surface area contributed by atoms with Gasteiger partial charge in [-0.1, -0.05) is 70.2 Å². The van der Waals surface area contributed by atoms with Crippen molar-refractivity contribution >= 4 is 16.3 Å². The number of pyridine rings is 1. The van der Waals surface area contributed by atoms with Crippen LogP contribution in [0.3, 0.4) is 0 Å². The standard InChI is InChI=1S/C25H29NO/c1-18(2)16-25(3,4)24(27)15-23(22-10-7-13-26-17-22)21-12-11-19-8-5-6-9-20(19)14-21/h5-15,17-18,24,27H,16H2,1-4H3. The summed E-state index contributed by atoms with van der Waals surface area (Å²) in [4.78, 5) is 4.29. The smallest absolute Gasteiger partial charge is 0.0781 e. The SMILES string of the molecule is CC(C)CC(C)(C)C(O)C=C(c1cccnc1)c1ccc2ccccc2c1. The number of aromatic nitrogens is 1. The lowest BCUT2D eigenvalue weighted by Crippen LogP contribution is -2.29. The number of fused-ring (bicyclic) bond motifs is 1. The molecule has 3 rings (SSSR count). The predicted molar refractivity (Wildman–Crippen MR) is 115 cm³/mol. The first kappa shape index (κ1) is 19.3. The molecule has 1 aromatic heterocycles. The Labute approximate surface area is 162 Å². The summed E-state index contributed by atoms with van der Waals surface area (Å²) >= 11 is 0. The second-order valence-corrected chi connectivity index (χ2v) is 8.42. The summed E-state index contributed by atoms with van der Waals surface area (Å²) in [6.07, 6.45) is 6.07. The highest BCUT2D eigenvalue weighted by molar-refractivity contribution is 5.89. The summed E-state index contributed by atoms with van der Waals surface area (Å²) < 4.78 is 0. The van der Waals surface area contributed by atoms with Crippen LogP contribution in [-0.2, 0) is 0 Å². The van der Waals surface area contributed by atoms with E-state index in [1.54, 1.807) is 6.20 Å². The molecule has 2 aromatic carbocycles. The highest BCUT2D eigenvalue weighted by atomic mass is 16.3. The summed E-state index contributed by atoms with van der Waals surface area (Å²) in [6, 6.07) is 18.8. The lowest BCUT2D eigenvalue weighted by Gasteiger charge is -2.31. The maximum atomic E-state index is 11.0. The normalized spacial score (nSPS) is 13.9. The third-order valence-electron chi connectivity index (χ3n) is 5.09. The fourth-order valence-corrected chi connectivity index (χ4v) is 3.79. The molecular formula is C25H29NO. The number of aliphatic hydroxyl groups excluding tert-OH is 1. The summed E-state index contributed by atoms with van der Waals surface area (Å²) in [5, 5.41) is 13.4. The Morgan fingerprint density at radius 3 is 2.41 bits per heavy atom. The fourth-order valence-electron chi connectivity index (χ4n) is 3.79. The van der Waals surface area contributed by atoms with Crippen molar-refractivity contribution in [1.82, 2.24) is 4.98 Å². The Kier molecular flexibility index (Phi) is 5.76. The number of hydrogen-bond acceptors (Lipinski definition) is 2. The molecule has 0 radical (unpaired) electrons. The maximum Gasteiger partial charge on any atom is 0.0781 e. The highest BCUT2D eigenvalue weighted by Gasteiger charge is 2.28. The van der Waals surface area contributed by atoms with Gasteiger partial charge in [0.05, 0.1) is 6.10 Å². The second-order valence-electron chi connectivity index (χ2n) is 8.42. The minimum Gasteiger partial charge on any atom is -0.388 e.